The molecule has 1 aliphatic heterocycles. The highest BCUT2D eigenvalue weighted by atomic mass is 16.5. The summed E-state index contributed by atoms with van der Waals surface area (Å²) in [5.41, 5.74) is 4.38. The molecule has 2 aliphatic rings. The predicted octanol–water partition coefficient (Wildman–Crippen LogP) is 3.61. The van der Waals surface area contributed by atoms with Crippen LogP contribution in [0.5, 0.6) is 5.75 Å². The van der Waals surface area contributed by atoms with Crippen LogP contribution in [-0.4, -0.2) is 41.0 Å². The third-order valence-electron chi connectivity index (χ3n) is 5.48. The van der Waals surface area contributed by atoms with Crippen molar-refractivity contribution in [3.8, 4) is 17.0 Å². The van der Waals surface area contributed by atoms with Crippen LogP contribution in [-0.2, 0) is 17.6 Å². The molecule has 1 fully saturated rings. The zero-order chi connectivity index (χ0) is 19.0. The normalized spacial score (nSPS) is 16.8. The van der Waals surface area contributed by atoms with E-state index in [2.05, 4.69) is 26.0 Å². The van der Waals surface area contributed by atoms with Crippen molar-refractivity contribution < 1.29 is 9.53 Å². The molecule has 5 nitrogen and oxygen atoms in total. The van der Waals surface area contributed by atoms with Gasteiger partial charge in [0.1, 0.15) is 11.6 Å². The molecule has 142 valence electrons. The molecule has 2 heterocycles. The molecule has 0 radical (unpaired) electrons. The number of rotatable bonds is 4. The van der Waals surface area contributed by atoms with E-state index < -0.39 is 0 Å². The number of benzene rings is 1. The topological polar surface area (TPSA) is 55.3 Å². The van der Waals surface area contributed by atoms with Gasteiger partial charge < -0.3 is 9.64 Å². The average molecular weight is 365 g/mol. The average Bonchev–Trinajstić information content (AvgIpc) is 3.53. The van der Waals surface area contributed by atoms with Crippen LogP contribution in [0.3, 0.4) is 0 Å². The quantitative estimate of drug-likeness (QED) is 0.830. The molecule has 0 N–H and O–H groups in total. The van der Waals surface area contributed by atoms with Crippen LogP contribution >= 0.6 is 0 Å². The van der Waals surface area contributed by atoms with Crippen LogP contribution in [0, 0.1) is 5.92 Å². The third kappa shape index (κ3) is 3.68. The van der Waals surface area contributed by atoms with Crippen molar-refractivity contribution in [3.05, 3.63) is 41.3 Å². The molecule has 1 aromatic carbocycles. The summed E-state index contributed by atoms with van der Waals surface area (Å²) in [4.78, 5) is 24.4. The van der Waals surface area contributed by atoms with Gasteiger partial charge in [-0.25, -0.2) is 9.97 Å². The minimum atomic E-state index is 0.264. The molecule has 27 heavy (non-hydrogen) atoms. The second-order valence-electron chi connectivity index (χ2n) is 7.84. The fraction of sp³-hybridized carbons (Fsp3) is 0.500. The predicted molar refractivity (Wildman–Crippen MR) is 105 cm³/mol. The van der Waals surface area contributed by atoms with E-state index >= 15 is 0 Å². The SMILES string of the molecule is COc1ccc(-c2nc(C(C)C)nc3c2CCN(C(=O)C2CC2)CC3)cc1. The number of carbonyl (C=O) groups is 1. The van der Waals surface area contributed by atoms with Gasteiger partial charge in [-0.1, -0.05) is 13.8 Å². The maximum atomic E-state index is 12.5. The van der Waals surface area contributed by atoms with Gasteiger partial charge >= 0.3 is 0 Å². The lowest BCUT2D eigenvalue weighted by Crippen LogP contribution is -2.34. The summed E-state index contributed by atoms with van der Waals surface area (Å²) in [5, 5.41) is 0. The number of hydrogen-bond donors (Lipinski definition) is 0. The van der Waals surface area contributed by atoms with Gasteiger partial charge in [-0.3, -0.25) is 4.79 Å². The van der Waals surface area contributed by atoms with Crippen molar-refractivity contribution in [1.29, 1.82) is 0 Å². The first-order valence-electron chi connectivity index (χ1n) is 9.89. The zero-order valence-corrected chi connectivity index (χ0v) is 16.4. The summed E-state index contributed by atoms with van der Waals surface area (Å²) >= 11 is 0. The maximum absolute atomic E-state index is 12.5. The molecule has 0 spiro atoms. The number of fused-ring (bicyclic) bond motifs is 1. The first kappa shape index (κ1) is 18.0. The van der Waals surface area contributed by atoms with E-state index in [1.807, 2.05) is 17.0 Å². The van der Waals surface area contributed by atoms with Gasteiger partial charge in [-0.05, 0) is 43.5 Å². The Morgan fingerprint density at radius 2 is 1.81 bits per heavy atom. The fourth-order valence-electron chi connectivity index (χ4n) is 3.67. The standard InChI is InChI=1S/C22H27N3O2/c1-14(2)21-23-19-11-13-25(22(26)16-4-5-16)12-10-18(19)20(24-21)15-6-8-17(27-3)9-7-15/h6-9,14,16H,4-5,10-13H2,1-3H3. The van der Waals surface area contributed by atoms with Crippen LogP contribution in [0.2, 0.25) is 0 Å². The highest BCUT2D eigenvalue weighted by Crippen LogP contribution is 2.33. The maximum Gasteiger partial charge on any atom is 0.225 e. The number of carbonyl (C=O) groups excluding carboxylic acids is 1. The number of hydrogen-bond acceptors (Lipinski definition) is 4. The Morgan fingerprint density at radius 1 is 1.11 bits per heavy atom. The smallest absolute Gasteiger partial charge is 0.225 e. The van der Waals surface area contributed by atoms with Crippen molar-refractivity contribution in [1.82, 2.24) is 14.9 Å². The van der Waals surface area contributed by atoms with Crippen LogP contribution < -0.4 is 4.74 Å². The van der Waals surface area contributed by atoms with Gasteiger partial charge in [-0.15, -0.1) is 0 Å². The Bertz CT molecular complexity index is 841. The van der Waals surface area contributed by atoms with Gasteiger partial charge in [0, 0.05) is 48.2 Å². The summed E-state index contributed by atoms with van der Waals surface area (Å²) in [5.74, 6) is 2.57. The molecule has 1 amide bonds. The number of methoxy groups -OCH3 is 1. The van der Waals surface area contributed by atoms with Crippen LogP contribution in [0.4, 0.5) is 0 Å². The lowest BCUT2D eigenvalue weighted by Gasteiger charge is -2.19. The molecule has 1 saturated carbocycles. The van der Waals surface area contributed by atoms with E-state index in [0.717, 1.165) is 67.3 Å². The molecule has 0 unspecified atom stereocenters. The Balaban J connectivity index is 1.71. The summed E-state index contributed by atoms with van der Waals surface area (Å²) in [6, 6.07) is 8.06. The molecule has 1 aromatic heterocycles. The Labute approximate surface area is 160 Å². The molecule has 0 saturated heterocycles. The third-order valence-corrected chi connectivity index (χ3v) is 5.48. The summed E-state index contributed by atoms with van der Waals surface area (Å²) in [6.45, 7) is 5.77. The van der Waals surface area contributed by atoms with E-state index in [-0.39, 0.29) is 11.8 Å². The van der Waals surface area contributed by atoms with Crippen molar-refractivity contribution in [2.45, 2.75) is 45.4 Å². The van der Waals surface area contributed by atoms with Crippen LogP contribution in [0.25, 0.3) is 11.3 Å². The summed E-state index contributed by atoms with van der Waals surface area (Å²) in [6.07, 6.45) is 3.72. The number of aromatic nitrogens is 2. The highest BCUT2D eigenvalue weighted by Gasteiger charge is 2.34. The second kappa shape index (κ2) is 7.29. The monoisotopic (exact) mass is 365 g/mol. The van der Waals surface area contributed by atoms with E-state index in [9.17, 15) is 4.79 Å². The van der Waals surface area contributed by atoms with Crippen molar-refractivity contribution >= 4 is 5.91 Å². The first-order valence-corrected chi connectivity index (χ1v) is 9.89. The second-order valence-corrected chi connectivity index (χ2v) is 7.84. The molecule has 4 rings (SSSR count). The Morgan fingerprint density at radius 3 is 2.44 bits per heavy atom. The Kier molecular flexibility index (Phi) is 4.85. The number of amides is 1. The van der Waals surface area contributed by atoms with E-state index in [1.165, 1.54) is 5.56 Å². The van der Waals surface area contributed by atoms with Gasteiger partial charge in [0.25, 0.3) is 0 Å². The molecule has 0 atom stereocenters. The largest absolute Gasteiger partial charge is 0.497 e. The lowest BCUT2D eigenvalue weighted by atomic mass is 10.00. The van der Waals surface area contributed by atoms with Crippen molar-refractivity contribution in [2.75, 3.05) is 20.2 Å². The lowest BCUT2D eigenvalue weighted by molar-refractivity contribution is -0.132. The first-order chi connectivity index (χ1) is 13.1. The molecule has 5 heteroatoms. The van der Waals surface area contributed by atoms with Gasteiger partial charge in [-0.2, -0.15) is 0 Å². The molecule has 2 aromatic rings. The van der Waals surface area contributed by atoms with E-state index in [1.54, 1.807) is 7.11 Å². The summed E-state index contributed by atoms with van der Waals surface area (Å²) in [7, 11) is 1.67. The minimum Gasteiger partial charge on any atom is -0.497 e. The van der Waals surface area contributed by atoms with Crippen LogP contribution in [0.15, 0.2) is 24.3 Å². The molecule has 0 bridgehead atoms. The molecular weight excluding hydrogens is 338 g/mol. The Hall–Kier alpha value is -2.43. The van der Waals surface area contributed by atoms with Crippen molar-refractivity contribution in [2.24, 2.45) is 5.92 Å². The van der Waals surface area contributed by atoms with Crippen LogP contribution in [0.1, 0.15) is 49.7 Å². The fourth-order valence-corrected chi connectivity index (χ4v) is 3.67. The van der Waals surface area contributed by atoms with E-state index in [4.69, 9.17) is 14.7 Å². The minimum absolute atomic E-state index is 0.264. The van der Waals surface area contributed by atoms with Crippen molar-refractivity contribution in [3.63, 3.8) is 0 Å². The van der Waals surface area contributed by atoms with Gasteiger partial charge in [0.05, 0.1) is 12.8 Å². The summed E-state index contributed by atoms with van der Waals surface area (Å²) < 4.78 is 5.29. The zero-order valence-electron chi connectivity index (χ0n) is 16.4. The van der Waals surface area contributed by atoms with E-state index in [0.29, 0.717) is 5.91 Å². The number of nitrogens with zero attached hydrogens (tertiary/aromatic N) is 3. The number of ether oxygens (including phenoxy) is 1. The van der Waals surface area contributed by atoms with Gasteiger partial charge in [0.2, 0.25) is 5.91 Å². The van der Waals surface area contributed by atoms with Gasteiger partial charge in [0.15, 0.2) is 0 Å². The molecule has 1 aliphatic carbocycles. The molecular formula is C22H27N3O2. The highest BCUT2D eigenvalue weighted by molar-refractivity contribution is 5.81.